The van der Waals surface area contributed by atoms with Crippen molar-refractivity contribution in [3.8, 4) is 0 Å². The Morgan fingerprint density at radius 3 is 2.50 bits per heavy atom. The molecule has 0 spiro atoms. The topological polar surface area (TPSA) is 61.4 Å². The van der Waals surface area contributed by atoms with Crippen LogP contribution in [0.1, 0.15) is 15.9 Å². The van der Waals surface area contributed by atoms with Crippen LogP contribution in [0.5, 0.6) is 0 Å². The van der Waals surface area contributed by atoms with Crippen LogP contribution < -0.4 is 10.2 Å². The summed E-state index contributed by atoms with van der Waals surface area (Å²) >= 11 is 1.55. The number of thioether (sulfide) groups is 1. The van der Waals surface area contributed by atoms with Gasteiger partial charge in [-0.05, 0) is 24.0 Å². The minimum Gasteiger partial charge on any atom is -0.354 e. The van der Waals surface area contributed by atoms with Crippen LogP contribution in [-0.4, -0.2) is 53.2 Å². The minimum absolute atomic E-state index is 0.155. The molecule has 3 aromatic rings. The molecule has 0 atom stereocenters. The second kappa shape index (κ2) is 9.73. The number of hydrogen-bond acceptors (Lipinski definition) is 6. The van der Waals surface area contributed by atoms with Gasteiger partial charge in [-0.3, -0.25) is 9.69 Å². The summed E-state index contributed by atoms with van der Waals surface area (Å²) in [6.45, 7) is 4.71. The maximum atomic E-state index is 12.7. The summed E-state index contributed by atoms with van der Waals surface area (Å²) < 4.78 is 0. The van der Waals surface area contributed by atoms with Gasteiger partial charge in [-0.2, -0.15) is 0 Å². The number of amides is 1. The quantitative estimate of drug-likeness (QED) is 0.614. The molecular formula is C23H25N5OS. The van der Waals surface area contributed by atoms with E-state index in [1.807, 2.05) is 42.7 Å². The lowest BCUT2D eigenvalue weighted by molar-refractivity contribution is 0.102. The van der Waals surface area contributed by atoms with Gasteiger partial charge in [-0.15, -0.1) is 11.8 Å². The highest BCUT2D eigenvalue weighted by atomic mass is 32.2. The Morgan fingerprint density at radius 1 is 1.00 bits per heavy atom. The number of carbonyl (C=O) groups is 1. The van der Waals surface area contributed by atoms with Crippen LogP contribution >= 0.6 is 11.8 Å². The standard InChI is InChI=1S/C23H25N5OS/c1-30-20-10-6-5-9-19(20)23(29)26-21-15-22(25-17-24-21)28-13-11-27(12-14-28)16-18-7-3-2-4-8-18/h2-10,15,17H,11-14,16H2,1H3,(H,24,25,26,29). The highest BCUT2D eigenvalue weighted by molar-refractivity contribution is 7.98. The molecule has 30 heavy (non-hydrogen) atoms. The Hall–Kier alpha value is -2.90. The third-order valence-corrected chi connectivity index (χ3v) is 5.99. The first kappa shape index (κ1) is 20.4. The van der Waals surface area contributed by atoms with Crippen molar-refractivity contribution in [2.24, 2.45) is 0 Å². The van der Waals surface area contributed by atoms with E-state index in [4.69, 9.17) is 0 Å². The monoisotopic (exact) mass is 419 g/mol. The summed E-state index contributed by atoms with van der Waals surface area (Å²) in [5.41, 5.74) is 1.99. The van der Waals surface area contributed by atoms with E-state index in [0.717, 1.165) is 43.4 Å². The van der Waals surface area contributed by atoms with E-state index in [1.165, 1.54) is 11.9 Å². The molecule has 1 aliphatic rings. The van der Waals surface area contributed by atoms with Gasteiger partial charge >= 0.3 is 0 Å². The van der Waals surface area contributed by atoms with Crippen molar-refractivity contribution in [3.05, 3.63) is 78.1 Å². The molecule has 4 rings (SSSR count). The Labute approximate surface area is 181 Å². The molecule has 1 amide bonds. The van der Waals surface area contributed by atoms with Crippen LogP contribution in [0.15, 0.2) is 71.9 Å². The van der Waals surface area contributed by atoms with Crippen LogP contribution in [0.25, 0.3) is 0 Å². The molecule has 1 fully saturated rings. The zero-order valence-electron chi connectivity index (χ0n) is 17.0. The zero-order chi connectivity index (χ0) is 20.8. The zero-order valence-corrected chi connectivity index (χ0v) is 17.8. The second-order valence-corrected chi connectivity index (χ2v) is 8.01. The number of nitrogens with zero attached hydrogens (tertiary/aromatic N) is 4. The van der Waals surface area contributed by atoms with Crippen molar-refractivity contribution in [3.63, 3.8) is 0 Å². The van der Waals surface area contributed by atoms with Crippen LogP contribution in [-0.2, 0) is 6.54 Å². The Morgan fingerprint density at radius 2 is 1.73 bits per heavy atom. The van der Waals surface area contributed by atoms with Crippen molar-refractivity contribution in [1.29, 1.82) is 0 Å². The molecule has 6 nitrogen and oxygen atoms in total. The van der Waals surface area contributed by atoms with Crippen LogP contribution in [0.4, 0.5) is 11.6 Å². The van der Waals surface area contributed by atoms with Gasteiger partial charge in [0.2, 0.25) is 0 Å². The van der Waals surface area contributed by atoms with E-state index in [9.17, 15) is 4.79 Å². The van der Waals surface area contributed by atoms with Crippen LogP contribution in [0.3, 0.4) is 0 Å². The molecule has 0 unspecified atom stereocenters. The highest BCUT2D eigenvalue weighted by Gasteiger charge is 2.19. The number of anilines is 2. The van der Waals surface area contributed by atoms with Crippen LogP contribution in [0.2, 0.25) is 0 Å². The summed E-state index contributed by atoms with van der Waals surface area (Å²) in [4.78, 5) is 27.0. The molecule has 2 aromatic carbocycles. The highest BCUT2D eigenvalue weighted by Crippen LogP contribution is 2.22. The van der Waals surface area contributed by atoms with Gasteiger partial charge < -0.3 is 10.2 Å². The first-order chi connectivity index (χ1) is 14.7. The smallest absolute Gasteiger partial charge is 0.257 e. The fourth-order valence-corrected chi connectivity index (χ4v) is 4.18. The maximum Gasteiger partial charge on any atom is 0.257 e. The molecular weight excluding hydrogens is 394 g/mol. The number of nitrogens with one attached hydrogen (secondary N) is 1. The summed E-state index contributed by atoms with van der Waals surface area (Å²) in [7, 11) is 0. The van der Waals surface area contributed by atoms with Crippen molar-refractivity contribution < 1.29 is 4.79 Å². The lowest BCUT2D eigenvalue weighted by Crippen LogP contribution is -2.46. The third kappa shape index (κ3) is 4.98. The van der Waals surface area contributed by atoms with E-state index in [2.05, 4.69) is 49.4 Å². The Kier molecular flexibility index (Phi) is 6.61. The van der Waals surface area contributed by atoms with Crippen molar-refractivity contribution in [2.45, 2.75) is 11.4 Å². The average Bonchev–Trinajstić information content (AvgIpc) is 2.80. The fourth-order valence-electron chi connectivity index (χ4n) is 3.58. The van der Waals surface area contributed by atoms with Gasteiger partial charge in [-0.25, -0.2) is 9.97 Å². The van der Waals surface area contributed by atoms with E-state index in [1.54, 1.807) is 11.8 Å². The normalized spacial score (nSPS) is 14.5. The molecule has 1 aliphatic heterocycles. The molecule has 1 saturated heterocycles. The number of benzene rings is 2. The van der Waals surface area contributed by atoms with E-state index in [-0.39, 0.29) is 5.91 Å². The predicted octanol–water partition coefficient (Wildman–Crippen LogP) is 3.77. The predicted molar refractivity (Wildman–Crippen MR) is 122 cm³/mol. The number of piperazine rings is 1. The van der Waals surface area contributed by atoms with Gasteiger partial charge in [-0.1, -0.05) is 42.5 Å². The van der Waals surface area contributed by atoms with Gasteiger partial charge in [0.15, 0.2) is 0 Å². The fraction of sp³-hybridized carbons (Fsp3) is 0.261. The summed E-state index contributed by atoms with van der Waals surface area (Å²) in [6.07, 6.45) is 3.48. The Bertz CT molecular complexity index is 990. The van der Waals surface area contributed by atoms with E-state index >= 15 is 0 Å². The average molecular weight is 420 g/mol. The van der Waals surface area contributed by atoms with Crippen LogP contribution in [0, 0.1) is 0 Å². The molecule has 0 aliphatic carbocycles. The molecule has 1 N–H and O–H groups in total. The molecule has 0 saturated carbocycles. The van der Waals surface area contributed by atoms with Crippen molar-refractivity contribution >= 4 is 29.3 Å². The number of rotatable bonds is 6. The van der Waals surface area contributed by atoms with E-state index in [0.29, 0.717) is 11.4 Å². The Balaban J connectivity index is 1.37. The molecule has 1 aromatic heterocycles. The molecule has 7 heteroatoms. The van der Waals surface area contributed by atoms with Gasteiger partial charge in [0.1, 0.15) is 18.0 Å². The SMILES string of the molecule is CSc1ccccc1C(=O)Nc1cc(N2CCN(Cc3ccccc3)CC2)ncn1. The summed E-state index contributed by atoms with van der Waals surface area (Å²) in [6, 6.07) is 20.0. The van der Waals surface area contributed by atoms with E-state index < -0.39 is 0 Å². The lowest BCUT2D eigenvalue weighted by Gasteiger charge is -2.35. The summed E-state index contributed by atoms with van der Waals surface area (Å²) in [5.74, 6) is 1.21. The second-order valence-electron chi connectivity index (χ2n) is 7.16. The molecule has 2 heterocycles. The first-order valence-corrected chi connectivity index (χ1v) is 11.2. The maximum absolute atomic E-state index is 12.7. The van der Waals surface area contributed by atoms with Crippen molar-refractivity contribution in [1.82, 2.24) is 14.9 Å². The van der Waals surface area contributed by atoms with Gasteiger partial charge in [0.05, 0.1) is 5.56 Å². The number of carbonyl (C=O) groups excluding carboxylic acids is 1. The minimum atomic E-state index is -0.155. The van der Waals surface area contributed by atoms with Gasteiger partial charge in [0, 0.05) is 43.7 Å². The number of hydrogen-bond donors (Lipinski definition) is 1. The molecule has 0 bridgehead atoms. The lowest BCUT2D eigenvalue weighted by atomic mass is 10.2. The molecule has 0 radical (unpaired) electrons. The first-order valence-electron chi connectivity index (χ1n) is 10.0. The molecule has 154 valence electrons. The third-order valence-electron chi connectivity index (χ3n) is 5.19. The number of aromatic nitrogens is 2. The van der Waals surface area contributed by atoms with Gasteiger partial charge in [0.25, 0.3) is 5.91 Å². The van der Waals surface area contributed by atoms with Crippen molar-refractivity contribution in [2.75, 3.05) is 42.7 Å². The summed E-state index contributed by atoms with van der Waals surface area (Å²) in [5, 5.41) is 2.91. The largest absolute Gasteiger partial charge is 0.354 e.